The van der Waals surface area contributed by atoms with Gasteiger partial charge >= 0.3 is 0 Å². The molecule has 0 fully saturated rings. The van der Waals surface area contributed by atoms with E-state index < -0.39 is 4.92 Å². The number of carbonyl (C=O) groups excluding carboxylic acids is 2. The number of rotatable bonds is 4. The maximum absolute atomic E-state index is 12.2. The highest BCUT2D eigenvalue weighted by molar-refractivity contribution is 6.12. The van der Waals surface area contributed by atoms with Crippen LogP contribution in [-0.4, -0.2) is 17.0 Å². The van der Waals surface area contributed by atoms with E-state index in [9.17, 15) is 19.7 Å². The Morgan fingerprint density at radius 2 is 1.68 bits per heavy atom. The van der Waals surface area contributed by atoms with Crippen LogP contribution in [0.2, 0.25) is 0 Å². The Bertz CT molecular complexity index is 647. The standard InChI is InChI=1S/C14H9NO4/c16-9-11-3-1-2-4-13(11)14(17)10-5-7-12(8-6-10)15(18)19/h1-9H. The van der Waals surface area contributed by atoms with Crippen molar-refractivity contribution in [2.75, 3.05) is 0 Å². The summed E-state index contributed by atoms with van der Waals surface area (Å²) in [6.07, 6.45) is 0.610. The van der Waals surface area contributed by atoms with Crippen molar-refractivity contribution < 1.29 is 14.5 Å². The fourth-order valence-corrected chi connectivity index (χ4v) is 1.70. The van der Waals surface area contributed by atoms with E-state index in [0.717, 1.165) is 0 Å². The molecule has 2 aromatic rings. The van der Waals surface area contributed by atoms with Gasteiger partial charge in [0.25, 0.3) is 5.69 Å². The van der Waals surface area contributed by atoms with Crippen molar-refractivity contribution in [3.05, 3.63) is 75.3 Å². The minimum atomic E-state index is -0.534. The third-order valence-corrected chi connectivity index (χ3v) is 2.67. The summed E-state index contributed by atoms with van der Waals surface area (Å²) in [5.74, 6) is -0.336. The Kier molecular flexibility index (Phi) is 3.47. The second kappa shape index (κ2) is 5.22. The zero-order chi connectivity index (χ0) is 13.8. The molecule has 0 saturated heterocycles. The van der Waals surface area contributed by atoms with Crippen LogP contribution < -0.4 is 0 Å². The highest BCUT2D eigenvalue weighted by Gasteiger charge is 2.14. The first-order valence-electron chi connectivity index (χ1n) is 5.47. The summed E-state index contributed by atoms with van der Waals surface area (Å²) in [6, 6.07) is 11.7. The van der Waals surface area contributed by atoms with Crippen molar-refractivity contribution in [1.29, 1.82) is 0 Å². The highest BCUT2D eigenvalue weighted by atomic mass is 16.6. The molecule has 5 heteroatoms. The lowest BCUT2D eigenvalue weighted by Gasteiger charge is -2.03. The van der Waals surface area contributed by atoms with Gasteiger partial charge in [0, 0.05) is 28.8 Å². The van der Waals surface area contributed by atoms with Crippen molar-refractivity contribution in [3.8, 4) is 0 Å². The number of non-ortho nitro benzene ring substituents is 1. The Morgan fingerprint density at radius 3 is 2.26 bits per heavy atom. The molecule has 0 saturated carbocycles. The van der Waals surface area contributed by atoms with Crippen LogP contribution >= 0.6 is 0 Å². The molecule has 0 aromatic heterocycles. The Balaban J connectivity index is 2.39. The maximum atomic E-state index is 12.2. The molecule has 2 aromatic carbocycles. The summed E-state index contributed by atoms with van der Waals surface area (Å²) in [7, 11) is 0. The molecule has 0 bridgehead atoms. The first-order chi connectivity index (χ1) is 9.13. The topological polar surface area (TPSA) is 77.3 Å². The van der Waals surface area contributed by atoms with Gasteiger partial charge in [0.05, 0.1) is 4.92 Å². The zero-order valence-electron chi connectivity index (χ0n) is 9.78. The normalized spacial score (nSPS) is 9.89. The van der Waals surface area contributed by atoms with E-state index in [2.05, 4.69) is 0 Å². The molecule has 0 radical (unpaired) electrons. The first kappa shape index (κ1) is 12.6. The van der Waals surface area contributed by atoms with Crippen LogP contribution in [0.3, 0.4) is 0 Å². The summed E-state index contributed by atoms with van der Waals surface area (Å²) in [5, 5.41) is 10.5. The summed E-state index contributed by atoms with van der Waals surface area (Å²) in [4.78, 5) is 33.0. The van der Waals surface area contributed by atoms with E-state index in [0.29, 0.717) is 17.4 Å². The molecule has 0 spiro atoms. The summed E-state index contributed by atoms with van der Waals surface area (Å²) >= 11 is 0. The van der Waals surface area contributed by atoms with E-state index in [1.807, 2.05) is 0 Å². The summed E-state index contributed by atoms with van der Waals surface area (Å²) in [5.41, 5.74) is 0.803. The van der Waals surface area contributed by atoms with Crippen molar-refractivity contribution in [2.45, 2.75) is 0 Å². The molecule has 0 aliphatic heterocycles. The summed E-state index contributed by atoms with van der Waals surface area (Å²) in [6.45, 7) is 0. The van der Waals surface area contributed by atoms with Crippen molar-refractivity contribution in [3.63, 3.8) is 0 Å². The van der Waals surface area contributed by atoms with E-state index in [1.54, 1.807) is 24.3 Å². The zero-order valence-corrected chi connectivity index (χ0v) is 9.78. The molecule has 5 nitrogen and oxygen atoms in total. The van der Waals surface area contributed by atoms with Gasteiger partial charge in [-0.1, -0.05) is 24.3 Å². The van der Waals surface area contributed by atoms with E-state index >= 15 is 0 Å². The lowest BCUT2D eigenvalue weighted by atomic mass is 9.99. The maximum Gasteiger partial charge on any atom is 0.269 e. The van der Waals surface area contributed by atoms with Gasteiger partial charge in [-0.15, -0.1) is 0 Å². The number of nitrogens with zero attached hydrogens (tertiary/aromatic N) is 1. The smallest absolute Gasteiger partial charge is 0.269 e. The Labute approximate surface area is 108 Å². The second-order valence-electron chi connectivity index (χ2n) is 3.84. The number of carbonyl (C=O) groups is 2. The molecule has 0 unspecified atom stereocenters. The predicted molar refractivity (Wildman–Crippen MR) is 68.4 cm³/mol. The number of hydrogen-bond donors (Lipinski definition) is 0. The van der Waals surface area contributed by atoms with Gasteiger partial charge in [0.2, 0.25) is 0 Å². The molecule has 0 N–H and O–H groups in total. The third kappa shape index (κ3) is 2.55. The van der Waals surface area contributed by atoms with Gasteiger partial charge < -0.3 is 0 Å². The number of benzene rings is 2. The van der Waals surface area contributed by atoms with Gasteiger partial charge in [-0.3, -0.25) is 19.7 Å². The fraction of sp³-hybridized carbons (Fsp3) is 0. The van der Waals surface area contributed by atoms with Gasteiger partial charge in [-0.05, 0) is 12.1 Å². The van der Waals surface area contributed by atoms with Gasteiger partial charge in [0.1, 0.15) is 0 Å². The van der Waals surface area contributed by atoms with E-state index in [4.69, 9.17) is 0 Å². The average Bonchev–Trinajstić information content (AvgIpc) is 2.46. The quantitative estimate of drug-likeness (QED) is 0.364. The largest absolute Gasteiger partial charge is 0.298 e. The number of ketones is 1. The molecule has 94 valence electrons. The molecular formula is C14H9NO4. The van der Waals surface area contributed by atoms with Crippen LogP contribution in [0, 0.1) is 10.1 Å². The molecule has 2 rings (SSSR count). The third-order valence-electron chi connectivity index (χ3n) is 2.67. The minimum absolute atomic E-state index is 0.0831. The van der Waals surface area contributed by atoms with Crippen LogP contribution in [0.5, 0.6) is 0 Å². The second-order valence-corrected chi connectivity index (χ2v) is 3.84. The molecule has 19 heavy (non-hydrogen) atoms. The Morgan fingerprint density at radius 1 is 1.05 bits per heavy atom. The lowest BCUT2D eigenvalue weighted by molar-refractivity contribution is -0.384. The number of nitro groups is 1. The molecule has 0 atom stereocenters. The van der Waals surface area contributed by atoms with Gasteiger partial charge in [-0.25, -0.2) is 0 Å². The fourth-order valence-electron chi connectivity index (χ4n) is 1.70. The number of aldehydes is 1. The lowest BCUT2D eigenvalue weighted by Crippen LogP contribution is -2.05. The predicted octanol–water partition coefficient (Wildman–Crippen LogP) is 2.64. The van der Waals surface area contributed by atoms with Gasteiger partial charge in [0.15, 0.2) is 12.1 Å². The molecule has 0 heterocycles. The Hall–Kier alpha value is -2.82. The van der Waals surface area contributed by atoms with Crippen LogP contribution in [0.25, 0.3) is 0 Å². The SMILES string of the molecule is O=Cc1ccccc1C(=O)c1ccc([N+](=O)[O-])cc1. The molecular weight excluding hydrogens is 246 g/mol. The monoisotopic (exact) mass is 255 g/mol. The highest BCUT2D eigenvalue weighted by Crippen LogP contribution is 2.17. The van der Waals surface area contributed by atoms with Crippen LogP contribution in [0.4, 0.5) is 5.69 Å². The van der Waals surface area contributed by atoms with E-state index in [1.165, 1.54) is 24.3 Å². The first-order valence-corrected chi connectivity index (χ1v) is 5.47. The van der Waals surface area contributed by atoms with Crippen molar-refractivity contribution in [1.82, 2.24) is 0 Å². The average molecular weight is 255 g/mol. The van der Waals surface area contributed by atoms with Gasteiger partial charge in [-0.2, -0.15) is 0 Å². The minimum Gasteiger partial charge on any atom is -0.298 e. The van der Waals surface area contributed by atoms with Crippen LogP contribution in [-0.2, 0) is 0 Å². The number of hydrogen-bond acceptors (Lipinski definition) is 4. The van der Waals surface area contributed by atoms with Crippen LogP contribution in [0.1, 0.15) is 26.3 Å². The number of nitro benzene ring substituents is 1. The van der Waals surface area contributed by atoms with Crippen molar-refractivity contribution >= 4 is 17.8 Å². The molecule has 0 amide bonds. The molecule has 0 aliphatic rings. The van der Waals surface area contributed by atoms with E-state index in [-0.39, 0.29) is 17.0 Å². The summed E-state index contributed by atoms with van der Waals surface area (Å²) < 4.78 is 0. The molecule has 0 aliphatic carbocycles. The van der Waals surface area contributed by atoms with Crippen molar-refractivity contribution in [2.24, 2.45) is 0 Å². The van der Waals surface area contributed by atoms with Crippen LogP contribution in [0.15, 0.2) is 48.5 Å².